The molecule has 0 saturated carbocycles. The average Bonchev–Trinajstić information content (AvgIpc) is 2.58. The monoisotopic (exact) mass is 288 g/mol. The van der Waals surface area contributed by atoms with Crippen molar-refractivity contribution in [1.29, 1.82) is 0 Å². The van der Waals surface area contributed by atoms with Gasteiger partial charge in [-0.25, -0.2) is 0 Å². The van der Waals surface area contributed by atoms with Crippen LogP contribution in [-0.2, 0) is 0 Å². The lowest BCUT2D eigenvalue weighted by Crippen LogP contribution is -1.86. The standard InChI is InChI=1S/C20H16O2/c1-21-19-15-9-7-13-17(19)11-5-3-4-6-12-18-14-8-10-16-20(18)22-2/h3-4,7-10,13-16H,1-2H3. The average molecular weight is 288 g/mol. The number of methoxy groups -OCH3 is 2. The van der Waals surface area contributed by atoms with Crippen LogP contribution in [-0.4, -0.2) is 14.2 Å². The molecule has 0 aliphatic carbocycles. The Labute approximate surface area is 131 Å². The van der Waals surface area contributed by atoms with Gasteiger partial charge in [-0.15, -0.1) is 0 Å². The highest BCUT2D eigenvalue weighted by molar-refractivity contribution is 5.49. The molecule has 0 spiro atoms. The second-order valence-corrected chi connectivity index (χ2v) is 4.27. The van der Waals surface area contributed by atoms with Crippen LogP contribution in [0.3, 0.4) is 0 Å². The Balaban J connectivity index is 2.06. The third kappa shape index (κ3) is 4.20. The summed E-state index contributed by atoms with van der Waals surface area (Å²) in [5.41, 5.74) is 1.71. The van der Waals surface area contributed by atoms with Gasteiger partial charge < -0.3 is 9.47 Å². The molecule has 0 unspecified atom stereocenters. The fraction of sp³-hybridized carbons (Fsp3) is 0.100. The molecular formula is C20H16O2. The Hall–Kier alpha value is -3.10. The van der Waals surface area contributed by atoms with Gasteiger partial charge in [0.25, 0.3) is 0 Å². The number of allylic oxidation sites excluding steroid dienone is 2. The van der Waals surface area contributed by atoms with Crippen LogP contribution in [0.5, 0.6) is 11.5 Å². The van der Waals surface area contributed by atoms with Crippen molar-refractivity contribution < 1.29 is 9.47 Å². The maximum Gasteiger partial charge on any atom is 0.134 e. The van der Waals surface area contributed by atoms with Gasteiger partial charge in [0.2, 0.25) is 0 Å². The van der Waals surface area contributed by atoms with Crippen molar-refractivity contribution in [2.24, 2.45) is 0 Å². The summed E-state index contributed by atoms with van der Waals surface area (Å²) in [7, 11) is 3.27. The maximum atomic E-state index is 5.24. The van der Waals surface area contributed by atoms with E-state index in [-0.39, 0.29) is 0 Å². The summed E-state index contributed by atoms with van der Waals surface area (Å²) in [6, 6.07) is 15.3. The number of ether oxygens (including phenoxy) is 2. The van der Waals surface area contributed by atoms with Gasteiger partial charge in [-0.2, -0.15) is 0 Å². The summed E-state index contributed by atoms with van der Waals surface area (Å²) in [6.07, 6.45) is 3.43. The van der Waals surface area contributed by atoms with Crippen LogP contribution in [0.15, 0.2) is 60.7 Å². The molecular weight excluding hydrogens is 272 g/mol. The Morgan fingerprint density at radius 2 is 1.09 bits per heavy atom. The molecule has 2 aromatic rings. The highest BCUT2D eigenvalue weighted by atomic mass is 16.5. The van der Waals surface area contributed by atoms with Gasteiger partial charge in [0.15, 0.2) is 0 Å². The molecule has 0 atom stereocenters. The van der Waals surface area contributed by atoms with Crippen LogP contribution in [0, 0.1) is 23.7 Å². The molecule has 0 saturated heterocycles. The predicted molar refractivity (Wildman–Crippen MR) is 88.9 cm³/mol. The first-order valence-electron chi connectivity index (χ1n) is 6.79. The summed E-state index contributed by atoms with van der Waals surface area (Å²) in [5.74, 6) is 13.5. The molecule has 2 heteroatoms. The first-order chi connectivity index (χ1) is 10.8. The third-order valence-corrected chi connectivity index (χ3v) is 2.88. The van der Waals surface area contributed by atoms with Gasteiger partial charge in [0.1, 0.15) is 11.5 Å². The number of hydrogen-bond acceptors (Lipinski definition) is 2. The van der Waals surface area contributed by atoms with Crippen molar-refractivity contribution in [3.05, 3.63) is 71.8 Å². The molecule has 2 nitrogen and oxygen atoms in total. The van der Waals surface area contributed by atoms with E-state index >= 15 is 0 Å². The molecule has 0 bridgehead atoms. The van der Waals surface area contributed by atoms with Gasteiger partial charge in [0.05, 0.1) is 25.3 Å². The lowest BCUT2D eigenvalue weighted by atomic mass is 10.2. The van der Waals surface area contributed by atoms with E-state index in [1.807, 2.05) is 48.5 Å². The zero-order valence-corrected chi connectivity index (χ0v) is 12.6. The van der Waals surface area contributed by atoms with E-state index in [0.29, 0.717) is 0 Å². The largest absolute Gasteiger partial charge is 0.495 e. The molecule has 0 aliphatic heterocycles. The van der Waals surface area contributed by atoms with Crippen LogP contribution in [0.4, 0.5) is 0 Å². The molecule has 2 rings (SSSR count). The normalized spacial score (nSPS) is 9.36. The number of rotatable bonds is 2. The van der Waals surface area contributed by atoms with Crippen LogP contribution in [0.25, 0.3) is 0 Å². The van der Waals surface area contributed by atoms with Crippen molar-refractivity contribution in [3.63, 3.8) is 0 Å². The molecule has 0 N–H and O–H groups in total. The highest BCUT2D eigenvalue weighted by Crippen LogP contribution is 2.16. The first-order valence-corrected chi connectivity index (χ1v) is 6.79. The van der Waals surface area contributed by atoms with E-state index in [1.54, 1.807) is 26.4 Å². The van der Waals surface area contributed by atoms with Gasteiger partial charge in [-0.05, 0) is 36.4 Å². The molecule has 0 radical (unpaired) electrons. The van der Waals surface area contributed by atoms with Crippen LogP contribution < -0.4 is 9.47 Å². The number of para-hydroxylation sites is 2. The summed E-state index contributed by atoms with van der Waals surface area (Å²) >= 11 is 0. The van der Waals surface area contributed by atoms with Crippen molar-refractivity contribution in [1.82, 2.24) is 0 Å². The molecule has 0 aromatic heterocycles. The van der Waals surface area contributed by atoms with Crippen molar-refractivity contribution in [2.45, 2.75) is 0 Å². The molecule has 2 aromatic carbocycles. The van der Waals surface area contributed by atoms with E-state index in [0.717, 1.165) is 22.6 Å². The van der Waals surface area contributed by atoms with Crippen LogP contribution >= 0.6 is 0 Å². The lowest BCUT2D eigenvalue weighted by Gasteiger charge is -2.00. The molecule has 0 fully saturated rings. The Morgan fingerprint density at radius 3 is 1.50 bits per heavy atom. The van der Waals surface area contributed by atoms with E-state index in [1.165, 1.54) is 0 Å². The minimum Gasteiger partial charge on any atom is -0.495 e. The van der Waals surface area contributed by atoms with Crippen LogP contribution in [0.1, 0.15) is 11.1 Å². The second-order valence-electron chi connectivity index (χ2n) is 4.27. The number of hydrogen-bond donors (Lipinski definition) is 0. The Bertz CT molecular complexity index is 713. The minimum atomic E-state index is 0.767. The van der Waals surface area contributed by atoms with Crippen LogP contribution in [0.2, 0.25) is 0 Å². The molecule has 0 amide bonds. The van der Waals surface area contributed by atoms with E-state index < -0.39 is 0 Å². The molecule has 22 heavy (non-hydrogen) atoms. The second kappa shape index (κ2) is 8.25. The Kier molecular flexibility index (Phi) is 5.73. The van der Waals surface area contributed by atoms with E-state index in [9.17, 15) is 0 Å². The Morgan fingerprint density at radius 1 is 0.682 bits per heavy atom. The lowest BCUT2D eigenvalue weighted by molar-refractivity contribution is 0.413. The maximum absolute atomic E-state index is 5.24. The third-order valence-electron chi connectivity index (χ3n) is 2.88. The molecule has 0 heterocycles. The quantitative estimate of drug-likeness (QED) is 0.785. The highest BCUT2D eigenvalue weighted by Gasteiger charge is 1.96. The topological polar surface area (TPSA) is 18.5 Å². The van der Waals surface area contributed by atoms with Crippen molar-refractivity contribution in [2.75, 3.05) is 14.2 Å². The van der Waals surface area contributed by atoms with Crippen molar-refractivity contribution in [3.8, 4) is 35.2 Å². The molecule has 108 valence electrons. The predicted octanol–water partition coefficient (Wildman–Crippen LogP) is 3.66. The van der Waals surface area contributed by atoms with Gasteiger partial charge in [0, 0.05) is 0 Å². The smallest absolute Gasteiger partial charge is 0.134 e. The van der Waals surface area contributed by atoms with Gasteiger partial charge in [-0.1, -0.05) is 47.9 Å². The zero-order valence-electron chi connectivity index (χ0n) is 12.6. The van der Waals surface area contributed by atoms with Crippen molar-refractivity contribution >= 4 is 0 Å². The summed E-state index contributed by atoms with van der Waals surface area (Å²) in [4.78, 5) is 0. The fourth-order valence-corrected chi connectivity index (χ4v) is 1.82. The molecule has 0 aliphatic rings. The minimum absolute atomic E-state index is 0.767. The first kappa shape index (κ1) is 15.3. The van der Waals surface area contributed by atoms with Gasteiger partial charge >= 0.3 is 0 Å². The van der Waals surface area contributed by atoms with E-state index in [2.05, 4.69) is 23.7 Å². The summed E-state index contributed by atoms with van der Waals surface area (Å²) in [5, 5.41) is 0. The van der Waals surface area contributed by atoms with Gasteiger partial charge in [-0.3, -0.25) is 0 Å². The zero-order chi connectivity index (χ0) is 15.6. The fourth-order valence-electron chi connectivity index (χ4n) is 1.82. The van der Waals surface area contributed by atoms with E-state index in [4.69, 9.17) is 9.47 Å². The summed E-state index contributed by atoms with van der Waals surface area (Å²) < 4.78 is 10.5. The number of benzene rings is 2. The summed E-state index contributed by atoms with van der Waals surface area (Å²) in [6.45, 7) is 0. The SMILES string of the molecule is COc1ccccc1C#CC=CC#Cc1ccccc1OC.